The van der Waals surface area contributed by atoms with E-state index in [1.54, 1.807) is 18.9 Å². The number of ether oxygens (including phenoxy) is 1. The molecule has 5 rings (SSSR count). The van der Waals surface area contributed by atoms with Gasteiger partial charge in [0.15, 0.2) is 0 Å². The third-order valence-corrected chi connectivity index (χ3v) is 6.85. The number of esters is 1. The van der Waals surface area contributed by atoms with Gasteiger partial charge in [0.2, 0.25) is 5.91 Å². The maximum absolute atomic E-state index is 13.7. The lowest BCUT2D eigenvalue weighted by molar-refractivity contribution is -0.151. The lowest BCUT2D eigenvalue weighted by Gasteiger charge is -2.32. The molecule has 2 fully saturated rings. The van der Waals surface area contributed by atoms with Gasteiger partial charge in [-0.15, -0.1) is 0 Å². The summed E-state index contributed by atoms with van der Waals surface area (Å²) in [5.74, 6) is -0.772. The molecule has 3 heterocycles. The minimum atomic E-state index is -0.324. The molecular weight excluding hydrogens is 460 g/mol. The van der Waals surface area contributed by atoms with Crippen molar-refractivity contribution in [3.05, 3.63) is 47.7 Å². The molecule has 9 nitrogen and oxygen atoms in total. The van der Waals surface area contributed by atoms with Crippen molar-refractivity contribution < 1.29 is 23.6 Å². The summed E-state index contributed by atoms with van der Waals surface area (Å²) in [7, 11) is 1.62. The van der Waals surface area contributed by atoms with E-state index in [4.69, 9.17) is 9.26 Å². The largest absolute Gasteiger partial charge is 0.466 e. The van der Waals surface area contributed by atoms with Crippen LogP contribution in [0.3, 0.4) is 0 Å². The number of carbonyl (C=O) groups excluding carboxylic acids is 3. The highest BCUT2D eigenvalue weighted by atomic mass is 16.5. The Morgan fingerprint density at radius 1 is 1.17 bits per heavy atom. The molecule has 0 N–H and O–H groups in total. The van der Waals surface area contributed by atoms with Gasteiger partial charge in [-0.3, -0.25) is 14.4 Å². The second-order valence-corrected chi connectivity index (χ2v) is 9.54. The summed E-state index contributed by atoms with van der Waals surface area (Å²) in [6, 6.07) is 11.3. The molecule has 1 saturated heterocycles. The van der Waals surface area contributed by atoms with Gasteiger partial charge in [-0.1, -0.05) is 35.5 Å². The fourth-order valence-corrected chi connectivity index (χ4v) is 4.76. The van der Waals surface area contributed by atoms with Gasteiger partial charge >= 0.3 is 5.97 Å². The van der Waals surface area contributed by atoms with Crippen LogP contribution in [0.5, 0.6) is 0 Å². The van der Waals surface area contributed by atoms with Crippen LogP contribution in [0.15, 0.2) is 40.9 Å². The molecule has 1 aliphatic carbocycles. The van der Waals surface area contributed by atoms with Crippen molar-refractivity contribution >= 4 is 28.9 Å². The molecule has 0 spiro atoms. The summed E-state index contributed by atoms with van der Waals surface area (Å²) < 4.78 is 10.7. The Morgan fingerprint density at radius 3 is 2.67 bits per heavy atom. The number of nitrogens with zero attached hydrogens (tertiary/aromatic N) is 4. The van der Waals surface area contributed by atoms with Crippen molar-refractivity contribution in [2.24, 2.45) is 5.92 Å². The molecule has 1 saturated carbocycles. The van der Waals surface area contributed by atoms with Crippen LogP contribution in [0.1, 0.15) is 54.6 Å². The zero-order valence-electron chi connectivity index (χ0n) is 20.6. The fourth-order valence-electron chi connectivity index (χ4n) is 4.76. The van der Waals surface area contributed by atoms with E-state index in [9.17, 15) is 14.4 Å². The van der Waals surface area contributed by atoms with Crippen molar-refractivity contribution in [1.82, 2.24) is 19.9 Å². The lowest BCUT2D eigenvalue weighted by atomic mass is 9.98. The van der Waals surface area contributed by atoms with E-state index in [2.05, 4.69) is 10.1 Å². The highest BCUT2D eigenvalue weighted by Crippen LogP contribution is 2.41. The summed E-state index contributed by atoms with van der Waals surface area (Å²) in [5.41, 5.74) is 2.95. The number of amides is 2. The number of hydrogen-bond acceptors (Lipinski definition) is 7. The van der Waals surface area contributed by atoms with Gasteiger partial charge in [0, 0.05) is 37.3 Å². The molecule has 9 heteroatoms. The average molecular weight is 491 g/mol. The highest BCUT2D eigenvalue weighted by Gasteiger charge is 2.32. The zero-order chi connectivity index (χ0) is 25.2. The zero-order valence-corrected chi connectivity index (χ0v) is 20.6. The quantitative estimate of drug-likeness (QED) is 0.466. The number of likely N-dealkylation sites (N-methyl/N-ethyl adjacent to an activating group) is 1. The van der Waals surface area contributed by atoms with Crippen molar-refractivity contribution in [3.63, 3.8) is 0 Å². The Hall–Kier alpha value is -3.75. The molecule has 2 aromatic heterocycles. The predicted molar refractivity (Wildman–Crippen MR) is 132 cm³/mol. The van der Waals surface area contributed by atoms with E-state index >= 15 is 0 Å². The monoisotopic (exact) mass is 490 g/mol. The average Bonchev–Trinajstić information content (AvgIpc) is 3.67. The molecule has 3 aromatic rings. The number of hydrogen-bond donors (Lipinski definition) is 0. The number of piperidine rings is 1. The lowest BCUT2D eigenvalue weighted by Crippen LogP contribution is -2.47. The van der Waals surface area contributed by atoms with Crippen LogP contribution in [0.2, 0.25) is 0 Å². The Balaban J connectivity index is 1.39. The van der Waals surface area contributed by atoms with Gasteiger partial charge in [-0.2, -0.15) is 0 Å². The number of carbonyl (C=O) groups is 3. The van der Waals surface area contributed by atoms with Crippen LogP contribution in [0, 0.1) is 5.92 Å². The first kappa shape index (κ1) is 24.0. The molecule has 2 aliphatic rings. The van der Waals surface area contributed by atoms with E-state index in [-0.39, 0.29) is 30.2 Å². The first-order valence-electron chi connectivity index (χ1n) is 12.5. The van der Waals surface area contributed by atoms with Crippen molar-refractivity contribution in [1.29, 1.82) is 0 Å². The number of pyridine rings is 1. The number of benzene rings is 1. The first-order chi connectivity index (χ1) is 17.5. The molecule has 1 unspecified atom stereocenters. The molecule has 188 valence electrons. The van der Waals surface area contributed by atoms with Gasteiger partial charge in [0.1, 0.15) is 5.69 Å². The fraction of sp³-hybridized carbons (Fsp3) is 0.444. The van der Waals surface area contributed by atoms with E-state index in [1.165, 1.54) is 4.90 Å². The third kappa shape index (κ3) is 4.82. The normalized spacial score (nSPS) is 17.7. The van der Waals surface area contributed by atoms with E-state index in [0.717, 1.165) is 30.5 Å². The maximum atomic E-state index is 13.7. The molecule has 1 atom stereocenters. The van der Waals surface area contributed by atoms with Crippen LogP contribution >= 0.6 is 0 Å². The van der Waals surface area contributed by atoms with Crippen molar-refractivity contribution in [2.75, 3.05) is 33.3 Å². The predicted octanol–water partition coefficient (Wildman–Crippen LogP) is 3.64. The van der Waals surface area contributed by atoms with Gasteiger partial charge in [-0.05, 0) is 38.7 Å². The minimum Gasteiger partial charge on any atom is -0.466 e. The van der Waals surface area contributed by atoms with Crippen LogP contribution in [-0.2, 0) is 14.3 Å². The van der Waals surface area contributed by atoms with Crippen LogP contribution in [0.4, 0.5) is 0 Å². The van der Waals surface area contributed by atoms with Gasteiger partial charge < -0.3 is 19.1 Å². The summed E-state index contributed by atoms with van der Waals surface area (Å²) >= 11 is 0. The van der Waals surface area contributed by atoms with Crippen LogP contribution in [0.25, 0.3) is 22.4 Å². The Kier molecular flexibility index (Phi) is 6.71. The third-order valence-electron chi connectivity index (χ3n) is 6.85. The summed E-state index contributed by atoms with van der Waals surface area (Å²) in [4.78, 5) is 46.7. The molecule has 1 aliphatic heterocycles. The number of fused-ring (bicyclic) bond motifs is 1. The SMILES string of the molecule is CCOC(=O)C1CCCN(C(=O)CN(C)C(=O)c2cc(C3CC3)nc3onc(-c4ccccc4)c23)C1. The van der Waals surface area contributed by atoms with Crippen LogP contribution < -0.4 is 0 Å². The smallest absolute Gasteiger partial charge is 0.310 e. The van der Waals surface area contributed by atoms with Crippen molar-refractivity contribution in [3.8, 4) is 11.3 Å². The standard InChI is InChI=1S/C27H30N4O5/c1-3-35-27(34)19-10-7-13-31(15-19)22(32)16-30(2)26(33)20-14-21(17-11-12-17)28-25-23(20)24(29-36-25)18-8-5-4-6-9-18/h4-6,8-9,14,17,19H,3,7,10-13,15-16H2,1-2H3. The van der Waals surface area contributed by atoms with Crippen LogP contribution in [-0.4, -0.2) is 71.0 Å². The molecule has 1 aromatic carbocycles. The molecule has 2 amide bonds. The van der Waals surface area contributed by atoms with E-state index in [0.29, 0.717) is 54.4 Å². The first-order valence-corrected chi connectivity index (χ1v) is 12.5. The maximum Gasteiger partial charge on any atom is 0.310 e. The Morgan fingerprint density at radius 2 is 1.94 bits per heavy atom. The van der Waals surface area contributed by atoms with E-state index < -0.39 is 0 Å². The molecular formula is C27H30N4O5. The highest BCUT2D eigenvalue weighted by molar-refractivity contribution is 6.10. The number of likely N-dealkylation sites (tertiary alicyclic amines) is 1. The number of aromatic nitrogens is 2. The minimum absolute atomic E-state index is 0.0943. The Bertz CT molecular complexity index is 1280. The summed E-state index contributed by atoms with van der Waals surface area (Å²) in [5, 5.41) is 4.79. The Labute approximate surface area is 209 Å². The summed E-state index contributed by atoms with van der Waals surface area (Å²) in [6.45, 7) is 2.87. The molecule has 0 radical (unpaired) electrons. The summed E-state index contributed by atoms with van der Waals surface area (Å²) in [6.07, 6.45) is 3.48. The van der Waals surface area contributed by atoms with Gasteiger partial charge in [-0.25, -0.2) is 4.98 Å². The topological polar surface area (TPSA) is 106 Å². The molecule has 0 bridgehead atoms. The van der Waals surface area contributed by atoms with Gasteiger partial charge in [0.25, 0.3) is 11.6 Å². The van der Waals surface area contributed by atoms with E-state index in [1.807, 2.05) is 36.4 Å². The van der Waals surface area contributed by atoms with Gasteiger partial charge in [0.05, 0.1) is 30.0 Å². The second-order valence-electron chi connectivity index (χ2n) is 9.54. The molecule has 36 heavy (non-hydrogen) atoms. The van der Waals surface area contributed by atoms with Crippen molar-refractivity contribution in [2.45, 2.75) is 38.5 Å². The number of rotatable bonds is 7. The second kappa shape index (κ2) is 10.1.